The Hall–Kier alpha value is -0.250. The van der Waals surface area contributed by atoms with Gasteiger partial charge in [-0.05, 0) is 6.92 Å². The molecule has 0 amide bonds. The molecule has 2 nitrogen and oxygen atoms in total. The minimum absolute atomic E-state index is 0.0270. The highest BCUT2D eigenvalue weighted by Crippen LogP contribution is 2.52. The highest BCUT2D eigenvalue weighted by molar-refractivity contribution is 7.58. The molecule has 1 fully saturated rings. The third-order valence-electron chi connectivity index (χ3n) is 1.70. The number of hydrogen-bond acceptors (Lipinski definition) is 2. The monoisotopic (exact) mass is 158 g/mol. The van der Waals surface area contributed by atoms with Gasteiger partial charge in [0.2, 0.25) is 7.37 Å². The van der Waals surface area contributed by atoms with Gasteiger partial charge in [0.15, 0.2) is 0 Å². The van der Waals surface area contributed by atoms with Crippen molar-refractivity contribution >= 4 is 7.37 Å². The number of terminal acetylenes is 1. The van der Waals surface area contributed by atoms with Crippen LogP contribution in [-0.2, 0) is 9.09 Å². The summed E-state index contributed by atoms with van der Waals surface area (Å²) in [6.07, 6.45) is 5.71. The second-order valence-electron chi connectivity index (χ2n) is 2.78. The molecule has 1 heterocycles. The fourth-order valence-corrected chi connectivity index (χ4v) is 3.22. The predicted octanol–water partition coefficient (Wildman–Crippen LogP) is 1.56. The normalized spacial score (nSPS) is 46.9. The maximum absolute atomic E-state index is 11.3. The predicted molar refractivity (Wildman–Crippen MR) is 41.3 cm³/mol. The SMILES string of the molecule is C#CC1CP(C)(=O)OC1C. The molecule has 10 heavy (non-hydrogen) atoms. The molecule has 0 aliphatic carbocycles. The van der Waals surface area contributed by atoms with Gasteiger partial charge in [-0.2, -0.15) is 0 Å². The summed E-state index contributed by atoms with van der Waals surface area (Å²) in [6.45, 7) is 3.51. The maximum atomic E-state index is 11.3. The fraction of sp³-hybridized carbons (Fsp3) is 0.714. The first-order valence-electron chi connectivity index (χ1n) is 3.26. The van der Waals surface area contributed by atoms with Crippen molar-refractivity contribution in [2.75, 3.05) is 12.8 Å². The van der Waals surface area contributed by atoms with Crippen LogP contribution in [0.5, 0.6) is 0 Å². The molecular weight excluding hydrogens is 147 g/mol. The third-order valence-corrected chi connectivity index (χ3v) is 3.53. The molecule has 0 N–H and O–H groups in total. The minimum atomic E-state index is -2.31. The summed E-state index contributed by atoms with van der Waals surface area (Å²) < 4.78 is 16.4. The van der Waals surface area contributed by atoms with E-state index in [1.807, 2.05) is 6.92 Å². The van der Waals surface area contributed by atoms with E-state index in [0.717, 1.165) is 0 Å². The van der Waals surface area contributed by atoms with Gasteiger partial charge in [-0.15, -0.1) is 12.3 Å². The Morgan fingerprint density at radius 3 is 2.60 bits per heavy atom. The Bertz CT molecular complexity index is 216. The van der Waals surface area contributed by atoms with Crippen molar-refractivity contribution in [1.29, 1.82) is 0 Å². The molecule has 3 heteroatoms. The second-order valence-corrected chi connectivity index (χ2v) is 5.38. The van der Waals surface area contributed by atoms with Crippen LogP contribution in [0.3, 0.4) is 0 Å². The van der Waals surface area contributed by atoms with Crippen LogP contribution in [0.2, 0.25) is 0 Å². The van der Waals surface area contributed by atoms with Crippen LogP contribution in [0.25, 0.3) is 0 Å². The molecule has 1 saturated heterocycles. The third kappa shape index (κ3) is 1.42. The van der Waals surface area contributed by atoms with Gasteiger partial charge in [-0.3, -0.25) is 4.57 Å². The molecule has 0 spiro atoms. The van der Waals surface area contributed by atoms with Gasteiger partial charge < -0.3 is 4.52 Å². The van der Waals surface area contributed by atoms with Crippen LogP contribution in [0.4, 0.5) is 0 Å². The molecule has 0 aromatic rings. The van der Waals surface area contributed by atoms with Gasteiger partial charge in [-0.1, -0.05) is 0 Å². The number of rotatable bonds is 0. The molecule has 1 aliphatic heterocycles. The van der Waals surface area contributed by atoms with Crippen LogP contribution >= 0.6 is 7.37 Å². The Labute approximate surface area is 61.4 Å². The first-order chi connectivity index (χ1) is 4.55. The van der Waals surface area contributed by atoms with E-state index in [-0.39, 0.29) is 12.0 Å². The molecule has 0 saturated carbocycles. The average Bonchev–Trinajstić information content (AvgIpc) is 2.05. The Morgan fingerprint density at radius 1 is 1.80 bits per heavy atom. The van der Waals surface area contributed by atoms with E-state index in [1.165, 1.54) is 0 Å². The summed E-state index contributed by atoms with van der Waals surface area (Å²) in [6, 6.07) is 0. The molecule has 0 bridgehead atoms. The summed E-state index contributed by atoms with van der Waals surface area (Å²) in [5.41, 5.74) is 0. The molecule has 3 unspecified atom stereocenters. The topological polar surface area (TPSA) is 26.3 Å². The van der Waals surface area contributed by atoms with Gasteiger partial charge in [0.05, 0.1) is 12.0 Å². The maximum Gasteiger partial charge on any atom is 0.201 e. The lowest BCUT2D eigenvalue weighted by atomic mass is 10.1. The van der Waals surface area contributed by atoms with E-state index < -0.39 is 7.37 Å². The highest BCUT2D eigenvalue weighted by Gasteiger charge is 2.35. The van der Waals surface area contributed by atoms with Crippen molar-refractivity contribution in [3.63, 3.8) is 0 Å². The van der Waals surface area contributed by atoms with Gasteiger partial charge in [0.25, 0.3) is 0 Å². The quantitative estimate of drug-likeness (QED) is 0.395. The Morgan fingerprint density at radius 2 is 2.40 bits per heavy atom. The summed E-state index contributed by atoms with van der Waals surface area (Å²) >= 11 is 0. The van der Waals surface area contributed by atoms with Gasteiger partial charge >= 0.3 is 0 Å². The molecule has 0 aromatic heterocycles. The van der Waals surface area contributed by atoms with Crippen molar-refractivity contribution in [3.05, 3.63) is 0 Å². The zero-order valence-electron chi connectivity index (χ0n) is 6.20. The summed E-state index contributed by atoms with van der Waals surface area (Å²) in [7, 11) is -2.31. The minimum Gasteiger partial charge on any atom is -0.324 e. The van der Waals surface area contributed by atoms with Crippen LogP contribution in [-0.4, -0.2) is 18.9 Å². The lowest BCUT2D eigenvalue weighted by molar-refractivity contribution is 0.232. The smallest absolute Gasteiger partial charge is 0.201 e. The van der Waals surface area contributed by atoms with Crippen LogP contribution < -0.4 is 0 Å². The zero-order chi connectivity index (χ0) is 7.78. The summed E-state index contributed by atoms with van der Waals surface area (Å²) in [5, 5.41) is 0. The van der Waals surface area contributed by atoms with E-state index in [4.69, 9.17) is 10.9 Å². The molecule has 0 radical (unpaired) electrons. The highest BCUT2D eigenvalue weighted by atomic mass is 31.2. The van der Waals surface area contributed by atoms with Gasteiger partial charge in [-0.25, -0.2) is 0 Å². The van der Waals surface area contributed by atoms with Crippen LogP contribution in [0, 0.1) is 18.3 Å². The van der Waals surface area contributed by atoms with Crippen molar-refractivity contribution in [3.8, 4) is 12.3 Å². The summed E-state index contributed by atoms with van der Waals surface area (Å²) in [4.78, 5) is 0. The summed E-state index contributed by atoms with van der Waals surface area (Å²) in [5.74, 6) is 2.62. The van der Waals surface area contributed by atoms with E-state index in [9.17, 15) is 4.57 Å². The molecule has 1 aliphatic rings. The number of hydrogen-bond donors (Lipinski definition) is 0. The van der Waals surface area contributed by atoms with Crippen molar-refractivity contribution < 1.29 is 9.09 Å². The molecular formula is C7H11O2P. The molecule has 3 atom stereocenters. The average molecular weight is 158 g/mol. The lowest BCUT2D eigenvalue weighted by Crippen LogP contribution is -2.09. The fourth-order valence-electron chi connectivity index (χ4n) is 1.16. The second kappa shape index (κ2) is 2.42. The van der Waals surface area contributed by atoms with Crippen molar-refractivity contribution in [2.45, 2.75) is 13.0 Å². The van der Waals surface area contributed by atoms with E-state index >= 15 is 0 Å². The van der Waals surface area contributed by atoms with E-state index in [0.29, 0.717) is 6.16 Å². The van der Waals surface area contributed by atoms with Gasteiger partial charge in [0.1, 0.15) is 0 Å². The Kier molecular flexibility index (Phi) is 1.90. The van der Waals surface area contributed by atoms with Crippen LogP contribution in [0.15, 0.2) is 0 Å². The van der Waals surface area contributed by atoms with Gasteiger partial charge in [0, 0.05) is 12.8 Å². The molecule has 0 aromatic carbocycles. The van der Waals surface area contributed by atoms with Crippen molar-refractivity contribution in [1.82, 2.24) is 0 Å². The molecule has 56 valence electrons. The zero-order valence-corrected chi connectivity index (χ0v) is 7.10. The largest absolute Gasteiger partial charge is 0.324 e. The first kappa shape index (κ1) is 7.85. The molecule has 1 rings (SSSR count). The Balaban J connectivity index is 2.73. The lowest BCUT2D eigenvalue weighted by Gasteiger charge is -2.04. The van der Waals surface area contributed by atoms with E-state index in [2.05, 4.69) is 5.92 Å². The van der Waals surface area contributed by atoms with Crippen LogP contribution in [0.1, 0.15) is 6.92 Å². The standard InChI is InChI=1S/C7H11O2P/c1-4-7-5-10(3,8)9-6(7)2/h1,6-7H,5H2,2-3H3. The van der Waals surface area contributed by atoms with Crippen molar-refractivity contribution in [2.24, 2.45) is 5.92 Å². The first-order valence-corrected chi connectivity index (χ1v) is 5.52. The van der Waals surface area contributed by atoms with E-state index in [1.54, 1.807) is 6.66 Å².